The second kappa shape index (κ2) is 6.58. The topological polar surface area (TPSA) is 24.5 Å². The van der Waals surface area contributed by atoms with Crippen LogP contribution in [-0.4, -0.2) is 49.8 Å². The van der Waals surface area contributed by atoms with E-state index in [9.17, 15) is 0 Å². The number of morpholine rings is 1. The molecule has 1 saturated heterocycles. The average molecular weight is 228 g/mol. The molecular weight excluding hydrogens is 200 g/mol. The molecule has 96 valence electrons. The molecular formula is C13H28N2O. The minimum Gasteiger partial charge on any atom is -0.374 e. The molecule has 0 spiro atoms. The molecule has 3 unspecified atom stereocenters. The summed E-state index contributed by atoms with van der Waals surface area (Å²) < 4.78 is 5.81. The van der Waals surface area contributed by atoms with Gasteiger partial charge in [0.15, 0.2) is 0 Å². The Bertz CT molecular complexity index is 196. The van der Waals surface area contributed by atoms with Gasteiger partial charge in [0.05, 0.1) is 12.7 Å². The summed E-state index contributed by atoms with van der Waals surface area (Å²) in [5, 5.41) is 3.65. The number of ether oxygens (including phenoxy) is 1. The van der Waals surface area contributed by atoms with Gasteiger partial charge in [0.2, 0.25) is 0 Å². The van der Waals surface area contributed by atoms with E-state index in [4.69, 9.17) is 4.74 Å². The summed E-state index contributed by atoms with van der Waals surface area (Å²) in [6.07, 6.45) is 1.57. The van der Waals surface area contributed by atoms with Crippen molar-refractivity contribution in [3.05, 3.63) is 0 Å². The zero-order valence-electron chi connectivity index (χ0n) is 11.5. The van der Waals surface area contributed by atoms with Crippen LogP contribution in [0.4, 0.5) is 0 Å². The first-order valence-electron chi connectivity index (χ1n) is 6.55. The Balaban J connectivity index is 2.30. The van der Waals surface area contributed by atoms with Crippen molar-refractivity contribution in [3.63, 3.8) is 0 Å². The lowest BCUT2D eigenvalue weighted by Gasteiger charge is -2.35. The molecule has 1 heterocycles. The summed E-state index contributed by atoms with van der Waals surface area (Å²) in [4.78, 5) is 2.35. The lowest BCUT2D eigenvalue weighted by Crippen LogP contribution is -2.51. The molecule has 3 nitrogen and oxygen atoms in total. The van der Waals surface area contributed by atoms with Crippen LogP contribution in [0, 0.1) is 5.92 Å². The Morgan fingerprint density at radius 1 is 1.31 bits per heavy atom. The van der Waals surface area contributed by atoms with E-state index in [0.29, 0.717) is 18.2 Å². The second-order valence-corrected chi connectivity index (χ2v) is 5.66. The zero-order valence-corrected chi connectivity index (χ0v) is 11.5. The molecule has 1 aliphatic rings. The fourth-order valence-corrected chi connectivity index (χ4v) is 2.44. The molecule has 3 heteroatoms. The van der Waals surface area contributed by atoms with Crippen LogP contribution in [0.2, 0.25) is 0 Å². The quantitative estimate of drug-likeness (QED) is 0.775. The number of nitrogens with zero attached hydrogens (tertiary/aromatic N) is 1. The van der Waals surface area contributed by atoms with Crippen LogP contribution in [0.3, 0.4) is 0 Å². The van der Waals surface area contributed by atoms with Gasteiger partial charge >= 0.3 is 0 Å². The lowest BCUT2D eigenvalue weighted by molar-refractivity contribution is -0.0371. The first kappa shape index (κ1) is 13.9. The van der Waals surface area contributed by atoms with Crippen molar-refractivity contribution in [1.82, 2.24) is 10.2 Å². The van der Waals surface area contributed by atoms with E-state index in [1.165, 1.54) is 6.42 Å². The Kier molecular flexibility index (Phi) is 5.73. The fourth-order valence-electron chi connectivity index (χ4n) is 2.44. The van der Waals surface area contributed by atoms with Crippen LogP contribution in [0.25, 0.3) is 0 Å². The molecule has 1 rings (SSSR count). The Morgan fingerprint density at radius 2 is 2.00 bits per heavy atom. The Labute approximate surface area is 101 Å². The van der Waals surface area contributed by atoms with Crippen LogP contribution in [0.5, 0.6) is 0 Å². The van der Waals surface area contributed by atoms with Crippen LogP contribution < -0.4 is 5.32 Å². The molecule has 0 bridgehead atoms. The standard InChI is InChI=1S/C13H28N2O/c1-10(2)8-11(3)14-12(4)13-9-15(5)6-7-16-13/h10-14H,6-9H2,1-5H3. The SMILES string of the molecule is CC(C)CC(C)NC(C)C1CN(C)CCO1. The molecule has 3 atom stereocenters. The molecule has 0 aromatic rings. The predicted molar refractivity (Wildman–Crippen MR) is 68.8 cm³/mol. The van der Waals surface area contributed by atoms with E-state index in [1.54, 1.807) is 0 Å². The van der Waals surface area contributed by atoms with E-state index in [2.05, 4.69) is 45.0 Å². The molecule has 16 heavy (non-hydrogen) atoms. The summed E-state index contributed by atoms with van der Waals surface area (Å²) in [5.74, 6) is 0.754. The maximum atomic E-state index is 5.81. The first-order chi connectivity index (χ1) is 7.49. The number of rotatable bonds is 5. The van der Waals surface area contributed by atoms with Crippen LogP contribution in [0.1, 0.15) is 34.1 Å². The molecule has 0 aromatic carbocycles. The third-order valence-corrected chi connectivity index (χ3v) is 3.23. The molecule has 1 fully saturated rings. The van der Waals surface area contributed by atoms with E-state index >= 15 is 0 Å². The maximum Gasteiger partial charge on any atom is 0.0852 e. The number of nitrogens with one attached hydrogen (secondary N) is 1. The summed E-state index contributed by atoms with van der Waals surface area (Å²) in [5.41, 5.74) is 0. The largest absolute Gasteiger partial charge is 0.374 e. The van der Waals surface area contributed by atoms with Gasteiger partial charge in [-0.25, -0.2) is 0 Å². The summed E-state index contributed by atoms with van der Waals surface area (Å²) in [7, 11) is 2.17. The van der Waals surface area contributed by atoms with Gasteiger partial charge in [-0.05, 0) is 33.2 Å². The monoisotopic (exact) mass is 228 g/mol. The second-order valence-electron chi connectivity index (χ2n) is 5.66. The van der Waals surface area contributed by atoms with Gasteiger partial charge in [-0.2, -0.15) is 0 Å². The molecule has 0 radical (unpaired) electrons. The minimum atomic E-state index is 0.341. The van der Waals surface area contributed by atoms with Gasteiger partial charge in [0, 0.05) is 25.2 Å². The summed E-state index contributed by atoms with van der Waals surface area (Å²) in [6.45, 7) is 12.0. The Hall–Kier alpha value is -0.120. The number of hydrogen-bond donors (Lipinski definition) is 1. The summed E-state index contributed by atoms with van der Waals surface area (Å²) in [6, 6.07) is 1.02. The van der Waals surface area contributed by atoms with Gasteiger partial charge in [-0.1, -0.05) is 13.8 Å². The summed E-state index contributed by atoms with van der Waals surface area (Å²) >= 11 is 0. The van der Waals surface area contributed by atoms with E-state index < -0.39 is 0 Å². The highest BCUT2D eigenvalue weighted by molar-refractivity contribution is 4.81. The first-order valence-corrected chi connectivity index (χ1v) is 6.55. The smallest absolute Gasteiger partial charge is 0.0852 e. The van der Waals surface area contributed by atoms with Gasteiger partial charge in [-0.15, -0.1) is 0 Å². The van der Waals surface area contributed by atoms with Crippen LogP contribution in [-0.2, 0) is 4.74 Å². The van der Waals surface area contributed by atoms with Gasteiger partial charge in [0.1, 0.15) is 0 Å². The van der Waals surface area contributed by atoms with Gasteiger partial charge in [-0.3, -0.25) is 0 Å². The third kappa shape index (κ3) is 4.81. The van der Waals surface area contributed by atoms with Crippen molar-refractivity contribution in [3.8, 4) is 0 Å². The predicted octanol–water partition coefficient (Wildman–Crippen LogP) is 1.73. The van der Waals surface area contributed by atoms with Crippen molar-refractivity contribution in [1.29, 1.82) is 0 Å². The van der Waals surface area contributed by atoms with Crippen molar-refractivity contribution >= 4 is 0 Å². The highest BCUT2D eigenvalue weighted by Gasteiger charge is 2.24. The average Bonchev–Trinajstić information content (AvgIpc) is 2.16. The highest BCUT2D eigenvalue weighted by Crippen LogP contribution is 2.10. The van der Waals surface area contributed by atoms with Gasteiger partial charge < -0.3 is 15.0 Å². The van der Waals surface area contributed by atoms with Crippen molar-refractivity contribution in [2.24, 2.45) is 5.92 Å². The maximum absolute atomic E-state index is 5.81. The van der Waals surface area contributed by atoms with Crippen LogP contribution in [0.15, 0.2) is 0 Å². The van der Waals surface area contributed by atoms with Gasteiger partial charge in [0.25, 0.3) is 0 Å². The number of likely N-dealkylation sites (N-methyl/N-ethyl adjacent to an activating group) is 1. The highest BCUT2D eigenvalue weighted by atomic mass is 16.5. The van der Waals surface area contributed by atoms with Crippen molar-refractivity contribution < 1.29 is 4.74 Å². The van der Waals surface area contributed by atoms with E-state index in [-0.39, 0.29) is 0 Å². The zero-order chi connectivity index (χ0) is 12.1. The van der Waals surface area contributed by atoms with E-state index in [0.717, 1.165) is 25.6 Å². The number of hydrogen-bond acceptors (Lipinski definition) is 3. The van der Waals surface area contributed by atoms with Crippen molar-refractivity contribution in [2.45, 2.75) is 52.3 Å². The normalized spacial score (nSPS) is 27.0. The molecule has 1 N–H and O–H groups in total. The molecule has 0 saturated carbocycles. The van der Waals surface area contributed by atoms with E-state index in [1.807, 2.05) is 0 Å². The molecule has 1 aliphatic heterocycles. The minimum absolute atomic E-state index is 0.341. The third-order valence-electron chi connectivity index (χ3n) is 3.23. The van der Waals surface area contributed by atoms with Crippen LogP contribution >= 0.6 is 0 Å². The molecule has 0 aliphatic carbocycles. The fraction of sp³-hybridized carbons (Fsp3) is 1.00. The molecule has 0 amide bonds. The molecule has 0 aromatic heterocycles. The Morgan fingerprint density at radius 3 is 2.56 bits per heavy atom. The van der Waals surface area contributed by atoms with Crippen molar-refractivity contribution in [2.75, 3.05) is 26.7 Å². The lowest BCUT2D eigenvalue weighted by atomic mass is 10.0.